The number of aromatic hydroxyl groups is 1. The molecule has 0 unspecified atom stereocenters. The standard InChI is InChI=1S/C11H13NO2/c1-7-10-6-9(13)4-2-8(10)3-5-11(14)12-7/h2,4,6-7,13H,3,5H2,1H3,(H,12,14)/t7-/m0/s1. The summed E-state index contributed by atoms with van der Waals surface area (Å²) in [6.07, 6.45) is 1.29. The van der Waals surface area contributed by atoms with Crippen molar-refractivity contribution < 1.29 is 9.90 Å². The second-order valence-electron chi connectivity index (χ2n) is 3.67. The minimum absolute atomic E-state index is 0.00731. The number of amides is 1. The van der Waals surface area contributed by atoms with Crippen molar-refractivity contribution in [2.75, 3.05) is 0 Å². The van der Waals surface area contributed by atoms with E-state index in [2.05, 4.69) is 5.32 Å². The predicted octanol–water partition coefficient (Wildman–Crippen LogP) is 1.52. The van der Waals surface area contributed by atoms with Crippen LogP contribution in [0.2, 0.25) is 0 Å². The Hall–Kier alpha value is -1.51. The molecule has 0 spiro atoms. The molecule has 1 aliphatic rings. The Kier molecular flexibility index (Phi) is 2.15. The number of benzene rings is 1. The van der Waals surface area contributed by atoms with Crippen LogP contribution in [-0.4, -0.2) is 11.0 Å². The lowest BCUT2D eigenvalue weighted by Gasteiger charge is -2.13. The highest BCUT2D eigenvalue weighted by molar-refractivity contribution is 5.77. The first-order valence-electron chi connectivity index (χ1n) is 4.78. The number of phenols is 1. The Morgan fingerprint density at radius 2 is 2.21 bits per heavy atom. The van der Waals surface area contributed by atoms with Gasteiger partial charge in [-0.25, -0.2) is 0 Å². The first kappa shape index (κ1) is 9.06. The summed E-state index contributed by atoms with van der Waals surface area (Å²) < 4.78 is 0. The van der Waals surface area contributed by atoms with E-state index in [4.69, 9.17) is 0 Å². The third-order valence-corrected chi connectivity index (χ3v) is 2.59. The van der Waals surface area contributed by atoms with Crippen molar-refractivity contribution in [3.05, 3.63) is 29.3 Å². The summed E-state index contributed by atoms with van der Waals surface area (Å²) >= 11 is 0. The van der Waals surface area contributed by atoms with Gasteiger partial charge in [0.2, 0.25) is 5.91 Å². The van der Waals surface area contributed by atoms with Gasteiger partial charge in [0, 0.05) is 6.42 Å². The Morgan fingerprint density at radius 3 is 3.00 bits per heavy atom. The third kappa shape index (κ3) is 1.58. The molecule has 0 saturated carbocycles. The monoisotopic (exact) mass is 191 g/mol. The van der Waals surface area contributed by atoms with Crippen molar-refractivity contribution in [1.82, 2.24) is 5.32 Å². The number of hydrogen-bond acceptors (Lipinski definition) is 2. The van der Waals surface area contributed by atoms with Crippen LogP contribution in [0.1, 0.15) is 30.5 Å². The van der Waals surface area contributed by atoms with Crippen LogP contribution in [0.3, 0.4) is 0 Å². The maximum absolute atomic E-state index is 11.3. The highest BCUT2D eigenvalue weighted by atomic mass is 16.3. The molecule has 1 heterocycles. The van der Waals surface area contributed by atoms with Crippen molar-refractivity contribution >= 4 is 5.91 Å². The molecule has 1 aromatic rings. The predicted molar refractivity (Wildman–Crippen MR) is 53.0 cm³/mol. The number of fused-ring (bicyclic) bond motifs is 1. The molecule has 1 atom stereocenters. The molecule has 0 aliphatic carbocycles. The van der Waals surface area contributed by atoms with Gasteiger partial charge in [-0.3, -0.25) is 4.79 Å². The van der Waals surface area contributed by atoms with E-state index >= 15 is 0 Å². The number of carbonyl (C=O) groups is 1. The first-order valence-corrected chi connectivity index (χ1v) is 4.78. The van der Waals surface area contributed by atoms with Gasteiger partial charge in [-0.05, 0) is 36.6 Å². The Labute approximate surface area is 82.8 Å². The van der Waals surface area contributed by atoms with Gasteiger partial charge in [0.05, 0.1) is 6.04 Å². The van der Waals surface area contributed by atoms with Crippen molar-refractivity contribution in [1.29, 1.82) is 0 Å². The van der Waals surface area contributed by atoms with E-state index in [-0.39, 0.29) is 17.7 Å². The number of hydrogen-bond donors (Lipinski definition) is 2. The van der Waals surface area contributed by atoms with Crippen molar-refractivity contribution in [3.63, 3.8) is 0 Å². The summed E-state index contributed by atoms with van der Waals surface area (Å²) in [4.78, 5) is 11.3. The third-order valence-electron chi connectivity index (χ3n) is 2.59. The minimum atomic E-state index is -0.00731. The maximum atomic E-state index is 11.3. The molecule has 0 bridgehead atoms. The normalized spacial score (nSPS) is 20.9. The number of rotatable bonds is 0. The molecule has 3 heteroatoms. The highest BCUT2D eigenvalue weighted by Crippen LogP contribution is 2.26. The molecular weight excluding hydrogens is 178 g/mol. The summed E-state index contributed by atoms with van der Waals surface area (Å²) in [5.41, 5.74) is 2.17. The molecule has 0 fully saturated rings. The van der Waals surface area contributed by atoms with Crippen LogP contribution in [0.15, 0.2) is 18.2 Å². The summed E-state index contributed by atoms with van der Waals surface area (Å²) in [7, 11) is 0. The van der Waals surface area contributed by atoms with E-state index < -0.39 is 0 Å². The first-order chi connectivity index (χ1) is 6.66. The summed E-state index contributed by atoms with van der Waals surface area (Å²) in [5, 5.41) is 12.2. The second-order valence-corrected chi connectivity index (χ2v) is 3.67. The number of nitrogens with one attached hydrogen (secondary N) is 1. The van der Waals surface area contributed by atoms with Crippen molar-refractivity contribution in [2.24, 2.45) is 0 Å². The van der Waals surface area contributed by atoms with Crippen LogP contribution >= 0.6 is 0 Å². The van der Waals surface area contributed by atoms with Crippen molar-refractivity contribution in [3.8, 4) is 5.75 Å². The zero-order chi connectivity index (χ0) is 10.1. The van der Waals surface area contributed by atoms with Crippen LogP contribution < -0.4 is 5.32 Å². The topological polar surface area (TPSA) is 49.3 Å². The van der Waals surface area contributed by atoms with Crippen molar-refractivity contribution in [2.45, 2.75) is 25.8 Å². The highest BCUT2D eigenvalue weighted by Gasteiger charge is 2.18. The summed E-state index contributed by atoms with van der Waals surface area (Å²) in [6.45, 7) is 1.93. The lowest BCUT2D eigenvalue weighted by atomic mass is 10.00. The summed E-state index contributed by atoms with van der Waals surface area (Å²) in [5.74, 6) is 0.333. The maximum Gasteiger partial charge on any atom is 0.220 e. The Morgan fingerprint density at radius 1 is 1.43 bits per heavy atom. The smallest absolute Gasteiger partial charge is 0.220 e. The zero-order valence-electron chi connectivity index (χ0n) is 8.08. The lowest BCUT2D eigenvalue weighted by molar-refractivity contribution is -0.121. The molecular formula is C11H13NO2. The lowest BCUT2D eigenvalue weighted by Crippen LogP contribution is -2.24. The van der Waals surface area contributed by atoms with Crippen LogP contribution in [-0.2, 0) is 11.2 Å². The van der Waals surface area contributed by atoms with Crippen LogP contribution in [0.25, 0.3) is 0 Å². The fraction of sp³-hybridized carbons (Fsp3) is 0.364. The molecule has 1 aliphatic heterocycles. The fourth-order valence-corrected chi connectivity index (χ4v) is 1.85. The molecule has 0 radical (unpaired) electrons. The van der Waals surface area contributed by atoms with Crippen LogP contribution in [0.4, 0.5) is 0 Å². The number of aryl methyl sites for hydroxylation is 1. The number of phenolic OH excluding ortho intramolecular Hbond substituents is 1. The van der Waals surface area contributed by atoms with Gasteiger partial charge in [0.15, 0.2) is 0 Å². The van der Waals surface area contributed by atoms with Crippen LogP contribution in [0.5, 0.6) is 5.75 Å². The average Bonchev–Trinajstić information content (AvgIpc) is 2.27. The van der Waals surface area contributed by atoms with Crippen LogP contribution in [0, 0.1) is 0 Å². The molecule has 0 saturated heterocycles. The molecule has 1 aromatic carbocycles. The molecule has 2 N–H and O–H groups in total. The van der Waals surface area contributed by atoms with E-state index in [0.717, 1.165) is 17.5 Å². The average molecular weight is 191 g/mol. The largest absolute Gasteiger partial charge is 0.508 e. The summed E-state index contributed by atoms with van der Waals surface area (Å²) in [6, 6.07) is 5.28. The van der Waals surface area contributed by atoms with Gasteiger partial charge >= 0.3 is 0 Å². The number of carbonyl (C=O) groups excluding carboxylic acids is 1. The van der Waals surface area contributed by atoms with E-state index in [1.165, 1.54) is 0 Å². The molecule has 2 rings (SSSR count). The fourth-order valence-electron chi connectivity index (χ4n) is 1.85. The van der Waals surface area contributed by atoms with E-state index in [1.807, 2.05) is 13.0 Å². The Bertz CT molecular complexity index is 374. The van der Waals surface area contributed by atoms with Gasteiger partial charge < -0.3 is 10.4 Å². The Balaban J connectivity index is 2.43. The molecule has 14 heavy (non-hydrogen) atoms. The SMILES string of the molecule is C[C@@H]1NC(=O)CCc2ccc(O)cc21. The van der Waals surface area contributed by atoms with E-state index in [1.54, 1.807) is 12.1 Å². The second kappa shape index (κ2) is 3.33. The van der Waals surface area contributed by atoms with Gasteiger partial charge in [-0.15, -0.1) is 0 Å². The minimum Gasteiger partial charge on any atom is -0.508 e. The quantitative estimate of drug-likeness (QED) is 0.653. The van der Waals surface area contributed by atoms with E-state index in [0.29, 0.717) is 6.42 Å². The van der Waals surface area contributed by atoms with Gasteiger partial charge in [-0.2, -0.15) is 0 Å². The van der Waals surface area contributed by atoms with Gasteiger partial charge in [-0.1, -0.05) is 6.07 Å². The van der Waals surface area contributed by atoms with Gasteiger partial charge in [0.1, 0.15) is 5.75 Å². The van der Waals surface area contributed by atoms with E-state index in [9.17, 15) is 9.90 Å². The molecule has 0 aromatic heterocycles. The molecule has 1 amide bonds. The molecule has 3 nitrogen and oxygen atoms in total. The zero-order valence-corrected chi connectivity index (χ0v) is 8.08. The molecule has 74 valence electrons. The van der Waals surface area contributed by atoms with Gasteiger partial charge in [0.25, 0.3) is 0 Å².